The van der Waals surface area contributed by atoms with Gasteiger partial charge in [-0.3, -0.25) is 4.79 Å². The van der Waals surface area contributed by atoms with Crippen molar-refractivity contribution in [1.82, 2.24) is 19.9 Å². The summed E-state index contributed by atoms with van der Waals surface area (Å²) in [6.07, 6.45) is 2.55. The third-order valence-electron chi connectivity index (χ3n) is 5.69. The number of carbonyl (C=O) groups excluding carboxylic acids is 1. The summed E-state index contributed by atoms with van der Waals surface area (Å²) in [4.78, 5) is 21.4. The van der Waals surface area contributed by atoms with Crippen molar-refractivity contribution < 1.29 is 9.53 Å². The van der Waals surface area contributed by atoms with E-state index in [0.29, 0.717) is 24.8 Å². The van der Waals surface area contributed by atoms with Gasteiger partial charge in [-0.25, -0.2) is 9.97 Å². The van der Waals surface area contributed by atoms with E-state index in [4.69, 9.17) is 9.72 Å². The molecule has 0 unspecified atom stereocenters. The van der Waals surface area contributed by atoms with E-state index in [1.54, 1.807) is 6.20 Å². The van der Waals surface area contributed by atoms with Crippen molar-refractivity contribution in [3.05, 3.63) is 89.9 Å². The van der Waals surface area contributed by atoms with Gasteiger partial charge in [-0.15, -0.1) is 0 Å². The highest BCUT2D eigenvalue weighted by atomic mass is 16.5. The minimum Gasteiger partial charge on any atom is -0.489 e. The van der Waals surface area contributed by atoms with Gasteiger partial charge >= 0.3 is 0 Å². The molecule has 3 heterocycles. The standard InChI is InChI=1S/C26H25N5O2/c1-2-23-21(16-24-25(32)27-14-15-31(23)24)22-12-13-28-26(30-22)29-19-8-10-20(11-9-19)33-17-18-6-4-3-5-7-18/h3-13,16H,2,14-15,17H2,1H3,(H,27,32)(H,28,29,30). The zero-order valence-corrected chi connectivity index (χ0v) is 18.4. The second-order valence-electron chi connectivity index (χ2n) is 7.84. The minimum absolute atomic E-state index is 0.0378. The number of rotatable bonds is 7. The van der Waals surface area contributed by atoms with Gasteiger partial charge in [-0.2, -0.15) is 0 Å². The van der Waals surface area contributed by atoms with Gasteiger partial charge in [0.1, 0.15) is 18.1 Å². The number of fused-ring (bicyclic) bond motifs is 1. The summed E-state index contributed by atoms with van der Waals surface area (Å²) >= 11 is 0. The summed E-state index contributed by atoms with van der Waals surface area (Å²) in [7, 11) is 0. The van der Waals surface area contributed by atoms with Crippen LogP contribution in [0.4, 0.5) is 11.6 Å². The highest BCUT2D eigenvalue weighted by Gasteiger charge is 2.23. The SMILES string of the molecule is CCc1c(-c2ccnc(Nc3ccc(OCc4ccccc4)cc3)n2)cc2n1CCNC2=O. The molecule has 1 amide bonds. The number of benzene rings is 2. The van der Waals surface area contributed by atoms with Crippen LogP contribution in [-0.4, -0.2) is 27.0 Å². The van der Waals surface area contributed by atoms with Crippen LogP contribution < -0.4 is 15.4 Å². The summed E-state index contributed by atoms with van der Waals surface area (Å²) in [5, 5.41) is 6.17. The highest BCUT2D eigenvalue weighted by Crippen LogP contribution is 2.29. The molecule has 2 aromatic carbocycles. The topological polar surface area (TPSA) is 81.1 Å². The molecule has 33 heavy (non-hydrogen) atoms. The molecule has 0 spiro atoms. The van der Waals surface area contributed by atoms with Crippen molar-refractivity contribution in [2.75, 3.05) is 11.9 Å². The van der Waals surface area contributed by atoms with Crippen molar-refractivity contribution in [2.45, 2.75) is 26.5 Å². The van der Waals surface area contributed by atoms with Crippen LogP contribution in [0.3, 0.4) is 0 Å². The molecular weight excluding hydrogens is 414 g/mol. The fraction of sp³-hybridized carbons (Fsp3) is 0.192. The maximum absolute atomic E-state index is 12.3. The predicted octanol–water partition coefficient (Wildman–Crippen LogP) is 4.57. The molecule has 0 aliphatic carbocycles. The number of anilines is 2. The largest absolute Gasteiger partial charge is 0.489 e. The van der Waals surface area contributed by atoms with Crippen LogP contribution in [0.15, 0.2) is 72.9 Å². The Kier molecular flexibility index (Phi) is 5.76. The average molecular weight is 440 g/mol. The van der Waals surface area contributed by atoms with E-state index in [1.165, 1.54) is 0 Å². The van der Waals surface area contributed by atoms with Crippen LogP contribution in [0.1, 0.15) is 28.7 Å². The number of carbonyl (C=O) groups is 1. The van der Waals surface area contributed by atoms with Crippen LogP contribution in [0, 0.1) is 0 Å². The molecule has 7 heteroatoms. The molecule has 1 aliphatic rings. The van der Waals surface area contributed by atoms with Crippen molar-refractivity contribution in [3.8, 4) is 17.0 Å². The molecule has 0 radical (unpaired) electrons. The molecule has 0 saturated heterocycles. The molecule has 1 aliphatic heterocycles. The first kappa shape index (κ1) is 20.8. The molecule has 166 valence electrons. The first-order valence-electron chi connectivity index (χ1n) is 11.1. The van der Waals surface area contributed by atoms with E-state index in [0.717, 1.165) is 46.9 Å². The van der Waals surface area contributed by atoms with Crippen molar-refractivity contribution in [1.29, 1.82) is 0 Å². The maximum Gasteiger partial charge on any atom is 0.267 e. The lowest BCUT2D eigenvalue weighted by molar-refractivity contribution is 0.0927. The number of amides is 1. The third kappa shape index (κ3) is 4.43. The van der Waals surface area contributed by atoms with E-state index in [2.05, 4.69) is 27.1 Å². The second-order valence-corrected chi connectivity index (χ2v) is 7.84. The van der Waals surface area contributed by atoms with Gasteiger partial charge in [0, 0.05) is 36.2 Å². The lowest BCUT2D eigenvalue weighted by atomic mass is 10.1. The summed E-state index contributed by atoms with van der Waals surface area (Å²) in [5.74, 6) is 1.26. The number of hydrogen-bond donors (Lipinski definition) is 2. The Morgan fingerprint density at radius 1 is 1.09 bits per heavy atom. The van der Waals surface area contributed by atoms with Gasteiger partial charge in [0.25, 0.3) is 5.91 Å². The first-order chi connectivity index (χ1) is 16.2. The molecule has 0 bridgehead atoms. The van der Waals surface area contributed by atoms with Gasteiger partial charge < -0.3 is 19.9 Å². The number of nitrogens with zero attached hydrogens (tertiary/aromatic N) is 3. The van der Waals surface area contributed by atoms with Gasteiger partial charge in [0.2, 0.25) is 5.95 Å². The second kappa shape index (κ2) is 9.16. The van der Waals surface area contributed by atoms with E-state index >= 15 is 0 Å². The van der Waals surface area contributed by atoms with Crippen molar-refractivity contribution >= 4 is 17.5 Å². The van der Waals surface area contributed by atoms with Gasteiger partial charge in [0.15, 0.2) is 0 Å². The normalized spacial score (nSPS) is 12.7. The van der Waals surface area contributed by atoms with Gasteiger partial charge in [-0.05, 0) is 48.4 Å². The fourth-order valence-corrected chi connectivity index (χ4v) is 4.08. The van der Waals surface area contributed by atoms with E-state index in [9.17, 15) is 4.79 Å². The fourth-order valence-electron chi connectivity index (χ4n) is 4.08. The Hall–Kier alpha value is -4.13. The number of nitrogens with one attached hydrogen (secondary N) is 2. The van der Waals surface area contributed by atoms with Gasteiger partial charge in [-0.1, -0.05) is 37.3 Å². The predicted molar refractivity (Wildman–Crippen MR) is 128 cm³/mol. The zero-order valence-electron chi connectivity index (χ0n) is 18.4. The van der Waals surface area contributed by atoms with Crippen molar-refractivity contribution in [2.24, 2.45) is 0 Å². The van der Waals surface area contributed by atoms with Crippen LogP contribution in [0.2, 0.25) is 0 Å². The maximum atomic E-state index is 12.3. The Balaban J connectivity index is 1.32. The lowest BCUT2D eigenvalue weighted by Gasteiger charge is -2.18. The van der Waals surface area contributed by atoms with E-state index in [-0.39, 0.29) is 5.91 Å². The Labute approximate surface area is 192 Å². The molecule has 2 aromatic heterocycles. The molecular formula is C26H25N5O2. The lowest BCUT2D eigenvalue weighted by Crippen LogP contribution is -2.35. The summed E-state index contributed by atoms with van der Waals surface area (Å²) in [5.41, 5.74) is 5.56. The molecule has 7 nitrogen and oxygen atoms in total. The van der Waals surface area contributed by atoms with Crippen molar-refractivity contribution in [3.63, 3.8) is 0 Å². The molecule has 0 fully saturated rings. The molecule has 2 N–H and O–H groups in total. The smallest absolute Gasteiger partial charge is 0.267 e. The molecule has 0 saturated carbocycles. The number of ether oxygens (including phenoxy) is 1. The highest BCUT2D eigenvalue weighted by molar-refractivity contribution is 5.95. The molecule has 0 atom stereocenters. The summed E-state index contributed by atoms with van der Waals surface area (Å²) < 4.78 is 7.95. The summed E-state index contributed by atoms with van der Waals surface area (Å²) in [6.45, 7) is 4.05. The zero-order chi connectivity index (χ0) is 22.6. The van der Waals surface area contributed by atoms with Gasteiger partial charge in [0.05, 0.1) is 5.69 Å². The van der Waals surface area contributed by atoms with Crippen LogP contribution in [0.5, 0.6) is 5.75 Å². The van der Waals surface area contributed by atoms with Crippen LogP contribution >= 0.6 is 0 Å². The first-order valence-corrected chi connectivity index (χ1v) is 11.1. The third-order valence-corrected chi connectivity index (χ3v) is 5.69. The van der Waals surface area contributed by atoms with E-state index in [1.807, 2.05) is 66.7 Å². The molecule has 5 rings (SSSR count). The number of hydrogen-bond acceptors (Lipinski definition) is 5. The Morgan fingerprint density at radius 3 is 2.70 bits per heavy atom. The van der Waals surface area contributed by atoms with Crippen LogP contribution in [-0.2, 0) is 19.6 Å². The monoisotopic (exact) mass is 439 g/mol. The average Bonchev–Trinajstić information content (AvgIpc) is 3.25. The Morgan fingerprint density at radius 2 is 1.91 bits per heavy atom. The quantitative estimate of drug-likeness (QED) is 0.441. The molecule has 4 aromatic rings. The Bertz CT molecular complexity index is 1270. The number of aromatic nitrogens is 3. The summed E-state index contributed by atoms with van der Waals surface area (Å²) in [6, 6.07) is 21.6. The minimum atomic E-state index is -0.0378. The van der Waals surface area contributed by atoms with Crippen LogP contribution in [0.25, 0.3) is 11.3 Å². The van der Waals surface area contributed by atoms with E-state index < -0.39 is 0 Å².